The third-order valence-corrected chi connectivity index (χ3v) is 9.71. The van der Waals surface area contributed by atoms with Crippen molar-refractivity contribution in [3.8, 4) is 11.3 Å². The van der Waals surface area contributed by atoms with Crippen LogP contribution < -0.4 is 4.90 Å². The molecule has 4 fully saturated rings. The molecule has 3 saturated carbocycles. The number of carboxylic acids is 1. The highest BCUT2D eigenvalue weighted by Gasteiger charge is 2.54. The molecule has 0 spiro atoms. The Kier molecular flexibility index (Phi) is 5.58. The lowest BCUT2D eigenvalue weighted by atomic mass is 10.0. The Bertz CT molecular complexity index is 1670. The lowest BCUT2D eigenvalue weighted by molar-refractivity contribution is 0.0691. The molecule has 3 aliphatic carbocycles. The van der Waals surface area contributed by atoms with Crippen molar-refractivity contribution >= 4 is 51.8 Å². The van der Waals surface area contributed by atoms with Crippen molar-refractivity contribution in [1.29, 1.82) is 0 Å². The Morgan fingerprint density at radius 1 is 1.07 bits per heavy atom. The summed E-state index contributed by atoms with van der Waals surface area (Å²) in [6.45, 7) is 2.75. The maximum absolute atomic E-state index is 11.8. The number of rotatable bonds is 8. The number of aromatic nitrogens is 3. The average molecular weight is 575 g/mol. The first-order valence-electron chi connectivity index (χ1n) is 14.1. The number of hydrogen-bond donors (Lipinski definition) is 1. The van der Waals surface area contributed by atoms with E-state index in [-0.39, 0.29) is 5.69 Å². The number of carbonyl (C=O) groups is 1. The lowest BCUT2D eigenvalue weighted by Crippen LogP contribution is -2.23. The number of hydrogen-bond acceptors (Lipinski definition) is 5. The van der Waals surface area contributed by atoms with Crippen LogP contribution in [0.25, 0.3) is 28.2 Å². The van der Waals surface area contributed by atoms with E-state index in [1.807, 2.05) is 35.0 Å². The fourth-order valence-electron chi connectivity index (χ4n) is 6.49. The monoisotopic (exact) mass is 574 g/mol. The topological polar surface area (TPSA) is 84.4 Å². The molecule has 4 aliphatic rings. The minimum Gasteiger partial charge on any atom is -0.476 e. The van der Waals surface area contributed by atoms with Crippen molar-refractivity contribution < 1.29 is 14.4 Å². The van der Waals surface area contributed by atoms with Gasteiger partial charge in [-0.25, -0.2) is 4.79 Å². The van der Waals surface area contributed by atoms with Crippen molar-refractivity contribution in [3.63, 3.8) is 0 Å². The summed E-state index contributed by atoms with van der Waals surface area (Å²) in [6.07, 6.45) is 9.13. The quantitative estimate of drug-likeness (QED) is 0.236. The molecule has 40 heavy (non-hydrogen) atoms. The smallest absolute Gasteiger partial charge is 0.357 e. The Balaban J connectivity index is 1.02. The summed E-state index contributed by atoms with van der Waals surface area (Å²) in [5.74, 6) is 2.69. The molecule has 2 atom stereocenters. The van der Waals surface area contributed by atoms with E-state index in [4.69, 9.17) is 27.7 Å². The summed E-state index contributed by atoms with van der Waals surface area (Å²) in [5.41, 5.74) is 4.66. The molecule has 8 rings (SSSR count). The van der Waals surface area contributed by atoms with Crippen LogP contribution in [0.1, 0.15) is 53.4 Å². The van der Waals surface area contributed by atoms with Crippen LogP contribution in [-0.2, 0) is 6.54 Å². The second kappa shape index (κ2) is 9.11. The molecule has 2 aromatic carbocycles. The molecule has 0 amide bonds. The van der Waals surface area contributed by atoms with Crippen LogP contribution in [0.5, 0.6) is 0 Å². The summed E-state index contributed by atoms with van der Waals surface area (Å²) < 4.78 is 7.73. The first kappa shape index (κ1) is 24.5. The van der Waals surface area contributed by atoms with Gasteiger partial charge in [-0.3, -0.25) is 4.68 Å². The van der Waals surface area contributed by atoms with Gasteiger partial charge in [0.05, 0.1) is 15.6 Å². The summed E-state index contributed by atoms with van der Waals surface area (Å²) in [7, 11) is 0. The number of aromatic carboxylic acids is 1. The minimum atomic E-state index is -0.970. The predicted octanol–water partition coefficient (Wildman–Crippen LogP) is 7.38. The van der Waals surface area contributed by atoms with Crippen LogP contribution in [0.15, 0.2) is 47.0 Å². The molecule has 1 N–H and O–H groups in total. The van der Waals surface area contributed by atoms with Gasteiger partial charge in [0, 0.05) is 47.8 Å². The average Bonchev–Trinajstić information content (AvgIpc) is 3.90. The fourth-order valence-corrected chi connectivity index (χ4v) is 7.07. The van der Waals surface area contributed by atoms with Crippen LogP contribution in [0, 0.1) is 23.7 Å². The van der Waals surface area contributed by atoms with E-state index in [9.17, 15) is 9.90 Å². The number of fused-ring (bicyclic) bond motifs is 2. The third-order valence-electron chi connectivity index (χ3n) is 9.08. The molecule has 0 radical (unpaired) electrons. The van der Waals surface area contributed by atoms with Gasteiger partial charge in [0.1, 0.15) is 11.5 Å². The molecular weight excluding hydrogens is 547 g/mol. The maximum Gasteiger partial charge on any atom is 0.357 e. The van der Waals surface area contributed by atoms with Crippen LogP contribution in [0.2, 0.25) is 10.0 Å². The predicted molar refractivity (Wildman–Crippen MR) is 155 cm³/mol. The molecule has 7 nitrogen and oxygen atoms in total. The standard InChI is InChI=1S/C31H28Cl2N4O3/c32-24-2-1-3-25(33)27(24)28-21(30(40-35-28)17-6-7-17)11-10-19-22-14-36(15-23(19)22)18-8-9-20-26(12-18)37(13-16-4-5-16)34-29(20)31(38)39/h1-3,8-12,16-17,19,22-23H,4-7,13-15H2,(H,38,39)/b11-10+. The number of halogens is 2. The van der Waals surface area contributed by atoms with Crippen molar-refractivity contribution in [1.82, 2.24) is 14.9 Å². The van der Waals surface area contributed by atoms with Gasteiger partial charge in [-0.05, 0) is 79.7 Å². The van der Waals surface area contributed by atoms with Crippen molar-refractivity contribution in [3.05, 3.63) is 69.5 Å². The van der Waals surface area contributed by atoms with Gasteiger partial charge < -0.3 is 14.5 Å². The van der Waals surface area contributed by atoms with E-state index in [0.717, 1.165) is 71.6 Å². The van der Waals surface area contributed by atoms with E-state index in [1.54, 1.807) is 0 Å². The molecule has 1 saturated heterocycles. The number of piperidine rings is 1. The van der Waals surface area contributed by atoms with Crippen molar-refractivity contribution in [2.45, 2.75) is 38.1 Å². The van der Waals surface area contributed by atoms with Gasteiger partial charge in [-0.15, -0.1) is 0 Å². The highest BCUT2D eigenvalue weighted by atomic mass is 35.5. The molecule has 0 bridgehead atoms. The normalized spacial score (nSPS) is 23.9. The number of benzene rings is 2. The van der Waals surface area contributed by atoms with Gasteiger partial charge in [-0.1, -0.05) is 46.6 Å². The van der Waals surface area contributed by atoms with E-state index in [0.29, 0.717) is 39.6 Å². The fraction of sp³-hybridized carbons (Fsp3) is 0.387. The number of anilines is 1. The Morgan fingerprint density at radius 3 is 2.50 bits per heavy atom. The minimum absolute atomic E-state index is 0.147. The van der Waals surface area contributed by atoms with Gasteiger partial charge in [0.25, 0.3) is 0 Å². The Morgan fingerprint density at radius 2 is 1.82 bits per heavy atom. The van der Waals surface area contributed by atoms with Gasteiger partial charge >= 0.3 is 5.97 Å². The van der Waals surface area contributed by atoms with E-state index in [1.165, 1.54) is 12.8 Å². The first-order chi connectivity index (χ1) is 19.5. The van der Waals surface area contributed by atoms with E-state index >= 15 is 0 Å². The molecule has 1 aliphatic heterocycles. The molecule has 9 heteroatoms. The van der Waals surface area contributed by atoms with E-state index in [2.05, 4.69) is 33.4 Å². The summed E-state index contributed by atoms with van der Waals surface area (Å²) in [6, 6.07) is 11.6. The molecule has 2 aromatic heterocycles. The lowest BCUT2D eigenvalue weighted by Gasteiger charge is -2.22. The second-order valence-electron chi connectivity index (χ2n) is 11.8. The maximum atomic E-state index is 11.8. The zero-order valence-corrected chi connectivity index (χ0v) is 23.3. The van der Waals surface area contributed by atoms with Crippen LogP contribution in [0.3, 0.4) is 0 Å². The first-order valence-corrected chi connectivity index (χ1v) is 14.8. The van der Waals surface area contributed by atoms with Crippen LogP contribution in [-0.4, -0.2) is 39.1 Å². The number of nitrogens with zero attached hydrogens (tertiary/aromatic N) is 4. The molecule has 4 aromatic rings. The number of carboxylic acid groups (broad SMARTS) is 1. The zero-order chi connectivity index (χ0) is 27.1. The molecule has 3 heterocycles. The third kappa shape index (κ3) is 4.13. The summed E-state index contributed by atoms with van der Waals surface area (Å²) in [5, 5.41) is 20.4. The zero-order valence-electron chi connectivity index (χ0n) is 21.8. The van der Waals surface area contributed by atoms with Crippen LogP contribution in [0.4, 0.5) is 5.69 Å². The van der Waals surface area contributed by atoms with Gasteiger partial charge in [-0.2, -0.15) is 5.10 Å². The molecule has 2 unspecified atom stereocenters. The van der Waals surface area contributed by atoms with Crippen molar-refractivity contribution in [2.75, 3.05) is 18.0 Å². The SMILES string of the molecule is O=C(O)c1nn(CC2CC2)c2cc(N3CC4C(/C=C/c5c(-c6c(Cl)cccc6Cl)noc5C5CC5)C4C3)ccc12. The Labute approximate surface area is 241 Å². The largest absolute Gasteiger partial charge is 0.476 e. The summed E-state index contributed by atoms with van der Waals surface area (Å²) in [4.78, 5) is 14.2. The van der Waals surface area contributed by atoms with E-state index < -0.39 is 5.97 Å². The Hall–Kier alpha value is -3.29. The highest BCUT2D eigenvalue weighted by molar-refractivity contribution is 6.39. The van der Waals surface area contributed by atoms with Crippen molar-refractivity contribution in [2.24, 2.45) is 23.7 Å². The van der Waals surface area contributed by atoms with Gasteiger partial charge in [0.15, 0.2) is 5.69 Å². The number of allylic oxidation sites excluding steroid dienone is 1. The molecular formula is C31H28Cl2N4O3. The molecule has 204 valence electrons. The summed E-state index contributed by atoms with van der Waals surface area (Å²) >= 11 is 13.1. The van der Waals surface area contributed by atoms with Crippen LogP contribution >= 0.6 is 23.2 Å². The second-order valence-corrected chi connectivity index (χ2v) is 12.6. The van der Waals surface area contributed by atoms with Gasteiger partial charge in [0.2, 0.25) is 0 Å². The highest BCUT2D eigenvalue weighted by Crippen LogP contribution is 2.54.